The van der Waals surface area contributed by atoms with Crippen molar-refractivity contribution in [2.75, 3.05) is 19.6 Å². The van der Waals surface area contributed by atoms with Crippen LogP contribution >= 0.6 is 0 Å². The zero-order valence-electron chi connectivity index (χ0n) is 16.7. The number of aryl methyl sites for hydroxylation is 2. The lowest BCUT2D eigenvalue weighted by atomic mass is 9.94. The van der Waals surface area contributed by atoms with Gasteiger partial charge in [-0.15, -0.1) is 6.42 Å². The topological polar surface area (TPSA) is 20.3 Å². The molecule has 3 rings (SSSR count). The lowest BCUT2D eigenvalue weighted by Crippen LogP contribution is -2.37. The molecule has 0 atom stereocenters. The molecule has 2 aromatic rings. The number of ketones is 1. The second kappa shape index (κ2) is 9.35. The smallest absolute Gasteiger partial charge is 0.187 e. The first kappa shape index (κ1) is 19.9. The van der Waals surface area contributed by atoms with Gasteiger partial charge in [0.25, 0.3) is 0 Å². The van der Waals surface area contributed by atoms with Gasteiger partial charge in [-0.25, -0.2) is 0 Å². The molecular formula is C26H27NO. The highest BCUT2D eigenvalue weighted by molar-refractivity contribution is 6.14. The van der Waals surface area contributed by atoms with Crippen molar-refractivity contribution >= 4 is 17.9 Å². The minimum absolute atomic E-state index is 0.118. The summed E-state index contributed by atoms with van der Waals surface area (Å²) in [5, 5.41) is 0. The number of hydrogen-bond acceptors (Lipinski definition) is 2. The molecule has 0 N–H and O–H groups in total. The molecule has 0 aromatic heterocycles. The molecule has 0 aliphatic carbocycles. The second-order valence-corrected chi connectivity index (χ2v) is 7.21. The number of Topliss-reactive ketones (excluding diaryl/α,β-unsaturated/α-hetero) is 1. The molecule has 0 spiro atoms. The highest BCUT2D eigenvalue weighted by Crippen LogP contribution is 2.22. The monoisotopic (exact) mass is 369 g/mol. The maximum atomic E-state index is 13.1. The van der Waals surface area contributed by atoms with Crippen LogP contribution in [0.15, 0.2) is 59.7 Å². The molecule has 2 nitrogen and oxygen atoms in total. The number of carbonyl (C=O) groups excluding carboxylic acids is 1. The highest BCUT2D eigenvalue weighted by atomic mass is 16.1. The largest absolute Gasteiger partial charge is 0.289 e. The Hall–Kier alpha value is -2.89. The van der Waals surface area contributed by atoms with E-state index in [2.05, 4.69) is 73.2 Å². The molecule has 0 radical (unpaired) electrons. The molecule has 1 aliphatic heterocycles. The molecule has 1 aliphatic rings. The summed E-state index contributed by atoms with van der Waals surface area (Å²) in [6.45, 7) is 5.99. The van der Waals surface area contributed by atoms with E-state index in [1.54, 1.807) is 0 Å². The standard InChI is InChI=1S/C26H27NO/c1-4-15-27-18-24(16-22-11-7-20(5-2)8-12-22)26(28)25(19-27)17-23-13-9-21(6-3)10-14-23/h1,7-14,16-17H,5-6,15,18-19H2,2-3H3. The van der Waals surface area contributed by atoms with Crippen LogP contribution in [-0.2, 0) is 17.6 Å². The Labute approximate surface area is 168 Å². The lowest BCUT2D eigenvalue weighted by Gasteiger charge is -2.28. The zero-order chi connectivity index (χ0) is 19.9. The van der Waals surface area contributed by atoms with E-state index in [9.17, 15) is 4.79 Å². The van der Waals surface area contributed by atoms with E-state index < -0.39 is 0 Å². The minimum Gasteiger partial charge on any atom is -0.289 e. The molecular weight excluding hydrogens is 342 g/mol. The van der Waals surface area contributed by atoms with Crippen molar-refractivity contribution in [1.82, 2.24) is 4.90 Å². The third-order valence-corrected chi connectivity index (χ3v) is 5.14. The molecule has 1 fully saturated rings. The van der Waals surface area contributed by atoms with Gasteiger partial charge in [0, 0.05) is 24.2 Å². The van der Waals surface area contributed by atoms with Crippen molar-refractivity contribution in [3.8, 4) is 12.3 Å². The summed E-state index contributed by atoms with van der Waals surface area (Å²) in [6, 6.07) is 16.8. The van der Waals surface area contributed by atoms with Crippen LogP contribution in [0.4, 0.5) is 0 Å². The van der Waals surface area contributed by atoms with Crippen LogP contribution in [0.1, 0.15) is 36.1 Å². The Bertz CT molecular complexity index is 854. The molecule has 0 saturated carbocycles. The summed E-state index contributed by atoms with van der Waals surface area (Å²) >= 11 is 0. The fourth-order valence-electron chi connectivity index (χ4n) is 3.45. The maximum absolute atomic E-state index is 13.1. The summed E-state index contributed by atoms with van der Waals surface area (Å²) in [6.07, 6.45) is 11.6. The number of likely N-dealkylation sites (tertiary alicyclic amines) is 1. The predicted molar refractivity (Wildman–Crippen MR) is 118 cm³/mol. The van der Waals surface area contributed by atoms with Gasteiger partial charge in [0.05, 0.1) is 6.54 Å². The van der Waals surface area contributed by atoms with Crippen molar-refractivity contribution < 1.29 is 4.79 Å². The summed E-state index contributed by atoms with van der Waals surface area (Å²) < 4.78 is 0. The maximum Gasteiger partial charge on any atom is 0.187 e. The van der Waals surface area contributed by atoms with E-state index in [-0.39, 0.29) is 5.78 Å². The van der Waals surface area contributed by atoms with E-state index >= 15 is 0 Å². The second-order valence-electron chi connectivity index (χ2n) is 7.21. The van der Waals surface area contributed by atoms with E-state index in [1.165, 1.54) is 11.1 Å². The SMILES string of the molecule is C#CCN1CC(=Cc2ccc(CC)cc2)C(=O)C(=Cc2ccc(CC)cc2)C1. The number of rotatable bonds is 5. The Kier molecular flexibility index (Phi) is 6.63. The van der Waals surface area contributed by atoms with Crippen LogP contribution in [0.5, 0.6) is 0 Å². The van der Waals surface area contributed by atoms with Crippen molar-refractivity contribution in [2.45, 2.75) is 26.7 Å². The van der Waals surface area contributed by atoms with Gasteiger partial charge >= 0.3 is 0 Å². The number of piperidine rings is 1. The summed E-state index contributed by atoms with van der Waals surface area (Å²) in [7, 11) is 0. The van der Waals surface area contributed by atoms with E-state index in [1.807, 2.05) is 12.2 Å². The molecule has 0 bridgehead atoms. The van der Waals surface area contributed by atoms with E-state index in [4.69, 9.17) is 6.42 Å². The van der Waals surface area contributed by atoms with Gasteiger partial charge in [-0.05, 0) is 47.2 Å². The van der Waals surface area contributed by atoms with E-state index in [0.29, 0.717) is 19.6 Å². The zero-order valence-corrected chi connectivity index (χ0v) is 16.7. The van der Waals surface area contributed by atoms with Crippen LogP contribution in [-0.4, -0.2) is 30.3 Å². The average molecular weight is 370 g/mol. The third kappa shape index (κ3) is 4.88. The lowest BCUT2D eigenvalue weighted by molar-refractivity contribution is -0.113. The first-order chi connectivity index (χ1) is 13.6. The highest BCUT2D eigenvalue weighted by Gasteiger charge is 2.25. The molecule has 142 valence electrons. The number of carbonyl (C=O) groups is 1. The predicted octanol–water partition coefficient (Wildman–Crippen LogP) is 4.80. The quantitative estimate of drug-likeness (QED) is 0.557. The first-order valence-electron chi connectivity index (χ1n) is 9.92. The van der Waals surface area contributed by atoms with Crippen LogP contribution in [0.3, 0.4) is 0 Å². The molecule has 1 saturated heterocycles. The Morgan fingerprint density at radius 1 is 0.857 bits per heavy atom. The van der Waals surface area contributed by atoms with Gasteiger partial charge < -0.3 is 0 Å². The molecule has 28 heavy (non-hydrogen) atoms. The van der Waals surface area contributed by atoms with Crippen LogP contribution in [0.2, 0.25) is 0 Å². The van der Waals surface area contributed by atoms with Gasteiger partial charge in [0.2, 0.25) is 0 Å². The molecule has 0 unspecified atom stereocenters. The molecule has 1 heterocycles. The average Bonchev–Trinajstić information content (AvgIpc) is 2.72. The molecule has 0 amide bonds. The third-order valence-electron chi connectivity index (χ3n) is 5.14. The number of benzene rings is 2. The first-order valence-corrected chi connectivity index (χ1v) is 9.92. The summed E-state index contributed by atoms with van der Waals surface area (Å²) in [5.41, 5.74) is 6.28. The van der Waals surface area contributed by atoms with Gasteiger partial charge in [-0.3, -0.25) is 9.69 Å². The minimum atomic E-state index is 0.118. The Balaban J connectivity index is 1.91. The van der Waals surface area contributed by atoms with Gasteiger partial charge in [0.1, 0.15) is 0 Å². The normalized spacial score (nSPS) is 17.8. The van der Waals surface area contributed by atoms with Crippen LogP contribution in [0.25, 0.3) is 12.2 Å². The van der Waals surface area contributed by atoms with Crippen molar-refractivity contribution in [1.29, 1.82) is 0 Å². The van der Waals surface area contributed by atoms with E-state index in [0.717, 1.165) is 35.1 Å². The molecule has 2 aromatic carbocycles. The number of nitrogens with zero attached hydrogens (tertiary/aromatic N) is 1. The Morgan fingerprint density at radius 3 is 1.64 bits per heavy atom. The Morgan fingerprint density at radius 2 is 1.29 bits per heavy atom. The van der Waals surface area contributed by atoms with Gasteiger partial charge in [-0.2, -0.15) is 0 Å². The summed E-state index contributed by atoms with van der Waals surface area (Å²) in [5.74, 6) is 2.83. The van der Waals surface area contributed by atoms with Crippen molar-refractivity contribution in [3.63, 3.8) is 0 Å². The van der Waals surface area contributed by atoms with Crippen molar-refractivity contribution in [2.24, 2.45) is 0 Å². The number of hydrogen-bond donors (Lipinski definition) is 0. The summed E-state index contributed by atoms with van der Waals surface area (Å²) in [4.78, 5) is 15.3. The van der Waals surface area contributed by atoms with Gasteiger partial charge in [-0.1, -0.05) is 68.3 Å². The van der Waals surface area contributed by atoms with Crippen LogP contribution in [0, 0.1) is 12.3 Å². The van der Waals surface area contributed by atoms with Crippen molar-refractivity contribution in [3.05, 3.63) is 81.9 Å². The molecule has 2 heteroatoms. The van der Waals surface area contributed by atoms with Crippen LogP contribution < -0.4 is 0 Å². The number of terminal acetylenes is 1. The fraction of sp³-hybridized carbons (Fsp3) is 0.269. The van der Waals surface area contributed by atoms with Gasteiger partial charge in [0.15, 0.2) is 5.78 Å². The fourth-order valence-corrected chi connectivity index (χ4v) is 3.45.